The molecule has 0 radical (unpaired) electrons. The van der Waals surface area contributed by atoms with E-state index >= 15 is 0 Å². The molecule has 8 heteroatoms. The predicted octanol–water partition coefficient (Wildman–Crippen LogP) is 4.44. The number of carbonyl (C=O) groups is 1. The minimum atomic E-state index is -0.146. The lowest BCUT2D eigenvalue weighted by molar-refractivity contribution is -0.120. The highest BCUT2D eigenvalue weighted by Gasteiger charge is 2.15. The first-order valence-corrected chi connectivity index (χ1v) is 10.4. The van der Waals surface area contributed by atoms with Crippen molar-refractivity contribution in [1.29, 1.82) is 0 Å². The summed E-state index contributed by atoms with van der Waals surface area (Å²) in [5.41, 5.74) is 1.70. The average molecular weight is 439 g/mol. The summed E-state index contributed by atoms with van der Waals surface area (Å²) >= 11 is 1.57. The number of fused-ring (bicyclic) bond motifs is 1. The zero-order valence-electron chi connectivity index (χ0n) is 17.4. The van der Waals surface area contributed by atoms with Crippen molar-refractivity contribution in [2.75, 3.05) is 21.3 Å². The summed E-state index contributed by atoms with van der Waals surface area (Å²) in [6.45, 7) is 0.286. The third kappa shape index (κ3) is 4.49. The fraction of sp³-hybridized carbons (Fsp3) is 0.217. The molecule has 0 saturated heterocycles. The number of ether oxygens (including phenoxy) is 3. The van der Waals surface area contributed by atoms with E-state index in [1.807, 2.05) is 36.4 Å². The Kier molecular flexibility index (Phi) is 6.08. The first kappa shape index (κ1) is 20.7. The van der Waals surface area contributed by atoms with Crippen LogP contribution in [0.5, 0.6) is 17.2 Å². The number of nitrogens with one attached hydrogen (secondary N) is 1. The Bertz CT molecular complexity index is 1160. The molecule has 0 aliphatic heterocycles. The van der Waals surface area contributed by atoms with Gasteiger partial charge in [-0.05, 0) is 42.0 Å². The van der Waals surface area contributed by atoms with Gasteiger partial charge in [-0.25, -0.2) is 4.98 Å². The van der Waals surface area contributed by atoms with E-state index in [9.17, 15) is 4.79 Å². The molecule has 0 aliphatic rings. The Morgan fingerprint density at radius 2 is 1.77 bits per heavy atom. The number of hydrogen-bond acceptors (Lipinski definition) is 7. The fourth-order valence-electron chi connectivity index (χ4n) is 3.24. The van der Waals surface area contributed by atoms with Crippen LogP contribution in [-0.2, 0) is 17.8 Å². The first-order chi connectivity index (χ1) is 15.1. The summed E-state index contributed by atoms with van der Waals surface area (Å²) in [6, 6.07) is 15.2. The molecule has 1 N–H and O–H groups in total. The average Bonchev–Trinajstić information content (AvgIpc) is 3.43. The number of para-hydroxylation sites is 1. The van der Waals surface area contributed by atoms with Gasteiger partial charge in [-0.3, -0.25) is 4.79 Å². The molecule has 4 aromatic rings. The number of carbonyl (C=O) groups excluding carboxylic acids is 1. The number of amides is 1. The second-order valence-corrected chi connectivity index (χ2v) is 7.77. The summed E-state index contributed by atoms with van der Waals surface area (Å²) in [5, 5.41) is 3.70. The molecule has 160 valence electrons. The first-order valence-electron chi connectivity index (χ1n) is 9.61. The topological polar surface area (TPSA) is 82.8 Å². The van der Waals surface area contributed by atoms with Gasteiger partial charge in [0.05, 0.1) is 44.5 Å². The molecule has 2 aromatic heterocycles. The summed E-state index contributed by atoms with van der Waals surface area (Å²) in [5.74, 6) is 2.72. The fourth-order valence-corrected chi connectivity index (χ4v) is 4.16. The smallest absolute Gasteiger partial charge is 0.224 e. The number of methoxy groups -OCH3 is 3. The molecule has 0 atom stereocenters. The predicted molar refractivity (Wildman–Crippen MR) is 119 cm³/mol. The van der Waals surface area contributed by atoms with Crippen LogP contribution >= 0.6 is 11.3 Å². The lowest BCUT2D eigenvalue weighted by Crippen LogP contribution is -2.24. The van der Waals surface area contributed by atoms with Crippen molar-refractivity contribution in [3.63, 3.8) is 0 Å². The molecule has 0 spiro atoms. The molecule has 0 bridgehead atoms. The SMILES string of the molecule is COc1cc(CC(=O)NCc2ccc(-c3nc4ccccc4s3)o2)cc(OC)c1OC. The second-order valence-electron chi connectivity index (χ2n) is 6.74. The molecule has 0 fully saturated rings. The van der Waals surface area contributed by atoms with Crippen LogP contribution in [0.2, 0.25) is 0 Å². The lowest BCUT2D eigenvalue weighted by atomic mass is 10.1. The zero-order chi connectivity index (χ0) is 21.8. The molecule has 0 saturated carbocycles. The van der Waals surface area contributed by atoms with Gasteiger partial charge in [-0.1, -0.05) is 12.1 Å². The molecule has 31 heavy (non-hydrogen) atoms. The Hall–Kier alpha value is -3.52. The summed E-state index contributed by atoms with van der Waals surface area (Å²) < 4.78 is 23.0. The molecule has 0 aliphatic carbocycles. The minimum Gasteiger partial charge on any atom is -0.493 e. The van der Waals surface area contributed by atoms with Crippen LogP contribution in [0.1, 0.15) is 11.3 Å². The quantitative estimate of drug-likeness (QED) is 0.438. The minimum absolute atomic E-state index is 0.146. The second kappa shape index (κ2) is 9.09. The van der Waals surface area contributed by atoms with Crippen molar-refractivity contribution in [3.8, 4) is 28.0 Å². The van der Waals surface area contributed by atoms with Crippen LogP contribution in [0.25, 0.3) is 21.0 Å². The summed E-state index contributed by atoms with van der Waals surface area (Å²) in [7, 11) is 4.63. The molecule has 2 aromatic carbocycles. The van der Waals surface area contributed by atoms with Crippen molar-refractivity contribution in [2.24, 2.45) is 0 Å². The van der Waals surface area contributed by atoms with E-state index in [4.69, 9.17) is 18.6 Å². The van der Waals surface area contributed by atoms with Gasteiger partial charge < -0.3 is 23.9 Å². The maximum absolute atomic E-state index is 12.5. The van der Waals surface area contributed by atoms with E-state index in [-0.39, 0.29) is 18.9 Å². The Morgan fingerprint density at radius 1 is 1.03 bits per heavy atom. The van der Waals surface area contributed by atoms with E-state index in [0.29, 0.717) is 28.8 Å². The highest BCUT2D eigenvalue weighted by Crippen LogP contribution is 2.38. The van der Waals surface area contributed by atoms with Crippen molar-refractivity contribution >= 4 is 27.5 Å². The highest BCUT2D eigenvalue weighted by molar-refractivity contribution is 7.21. The number of aromatic nitrogens is 1. The molecule has 2 heterocycles. The third-order valence-corrected chi connectivity index (χ3v) is 5.77. The Balaban J connectivity index is 1.40. The van der Waals surface area contributed by atoms with E-state index < -0.39 is 0 Å². The van der Waals surface area contributed by atoms with Gasteiger partial charge in [-0.15, -0.1) is 11.3 Å². The molecular weight excluding hydrogens is 416 g/mol. The van der Waals surface area contributed by atoms with E-state index in [1.54, 1.807) is 44.8 Å². The molecule has 1 amide bonds. The van der Waals surface area contributed by atoms with Gasteiger partial charge in [0.25, 0.3) is 0 Å². The number of rotatable bonds is 8. The van der Waals surface area contributed by atoms with Crippen LogP contribution < -0.4 is 19.5 Å². The normalized spacial score (nSPS) is 10.8. The number of benzene rings is 2. The van der Waals surface area contributed by atoms with Crippen molar-refractivity contribution in [3.05, 3.63) is 59.9 Å². The van der Waals surface area contributed by atoms with Gasteiger partial charge in [0.1, 0.15) is 5.76 Å². The largest absolute Gasteiger partial charge is 0.493 e. The van der Waals surface area contributed by atoms with E-state index in [1.165, 1.54) is 0 Å². The number of furan rings is 1. The Labute approximate surface area is 183 Å². The standard InChI is InChI=1S/C23H22N2O5S/c1-27-18-10-14(11-19(28-2)22(18)29-3)12-21(26)24-13-15-8-9-17(30-15)23-25-16-6-4-5-7-20(16)31-23/h4-11H,12-13H2,1-3H3,(H,24,26). The maximum atomic E-state index is 12.5. The van der Waals surface area contributed by atoms with Crippen molar-refractivity contribution in [2.45, 2.75) is 13.0 Å². The number of thiazole rings is 1. The van der Waals surface area contributed by atoms with Crippen LogP contribution in [0.3, 0.4) is 0 Å². The van der Waals surface area contributed by atoms with Gasteiger partial charge in [-0.2, -0.15) is 0 Å². The molecule has 4 rings (SSSR count). The molecular formula is C23H22N2O5S. The third-order valence-electron chi connectivity index (χ3n) is 4.72. The van der Waals surface area contributed by atoms with E-state index in [0.717, 1.165) is 20.8 Å². The van der Waals surface area contributed by atoms with Gasteiger partial charge in [0, 0.05) is 0 Å². The van der Waals surface area contributed by atoms with Gasteiger partial charge in [0.15, 0.2) is 22.3 Å². The highest BCUT2D eigenvalue weighted by atomic mass is 32.1. The number of nitrogens with zero attached hydrogens (tertiary/aromatic N) is 1. The lowest BCUT2D eigenvalue weighted by Gasteiger charge is -2.14. The Morgan fingerprint density at radius 3 is 2.45 bits per heavy atom. The molecule has 7 nitrogen and oxygen atoms in total. The van der Waals surface area contributed by atoms with Crippen LogP contribution in [0, 0.1) is 0 Å². The summed E-state index contributed by atoms with van der Waals surface area (Å²) in [4.78, 5) is 17.1. The zero-order valence-corrected chi connectivity index (χ0v) is 18.2. The van der Waals surface area contributed by atoms with Gasteiger partial charge >= 0.3 is 0 Å². The van der Waals surface area contributed by atoms with Gasteiger partial charge in [0.2, 0.25) is 11.7 Å². The monoisotopic (exact) mass is 438 g/mol. The van der Waals surface area contributed by atoms with Crippen LogP contribution in [0.4, 0.5) is 0 Å². The van der Waals surface area contributed by atoms with Crippen molar-refractivity contribution in [1.82, 2.24) is 10.3 Å². The van der Waals surface area contributed by atoms with Crippen LogP contribution in [0.15, 0.2) is 52.9 Å². The molecule has 0 unspecified atom stereocenters. The van der Waals surface area contributed by atoms with E-state index in [2.05, 4.69) is 10.3 Å². The number of hydrogen-bond donors (Lipinski definition) is 1. The maximum Gasteiger partial charge on any atom is 0.224 e. The summed E-state index contributed by atoms with van der Waals surface area (Å²) in [6.07, 6.45) is 0.169. The van der Waals surface area contributed by atoms with Crippen LogP contribution in [-0.4, -0.2) is 32.2 Å². The van der Waals surface area contributed by atoms with Crippen molar-refractivity contribution < 1.29 is 23.4 Å².